The number of benzene rings is 2. The molecule has 2 rings (SSSR count). The average molecular weight is 371 g/mol. The topological polar surface area (TPSA) is 88.7 Å². The van der Waals surface area contributed by atoms with Gasteiger partial charge in [0, 0.05) is 17.2 Å². The molecule has 0 saturated heterocycles. The zero-order valence-electron chi connectivity index (χ0n) is 16.2. The Morgan fingerprint density at radius 2 is 1.44 bits per heavy atom. The summed E-state index contributed by atoms with van der Waals surface area (Å²) in [5.41, 5.74) is 2.18. The molecule has 0 unspecified atom stereocenters. The largest absolute Gasteiger partial charge is 0.496 e. The lowest BCUT2D eigenvalue weighted by atomic mass is 10.1. The standard InChI is InChI=1S/C20H25N3O4/c1-12(2)21-20(25)23-16-9-7-6-8-15(16)22-19(24)14-10-17(26-4)13(3)18(11-14)27-5/h6-12H,1-5H3,(H,22,24)(H2,21,23,25). The summed E-state index contributed by atoms with van der Waals surface area (Å²) in [6.45, 7) is 5.59. The number of hydrogen-bond donors (Lipinski definition) is 3. The highest BCUT2D eigenvalue weighted by molar-refractivity contribution is 6.07. The number of nitrogens with one attached hydrogen (secondary N) is 3. The normalized spacial score (nSPS) is 10.3. The van der Waals surface area contributed by atoms with Crippen LogP contribution in [0.4, 0.5) is 16.2 Å². The number of anilines is 2. The van der Waals surface area contributed by atoms with E-state index in [-0.39, 0.29) is 18.0 Å². The SMILES string of the molecule is COc1cc(C(=O)Nc2ccccc2NC(=O)NC(C)C)cc(OC)c1C. The van der Waals surface area contributed by atoms with Gasteiger partial charge in [-0.3, -0.25) is 4.79 Å². The number of para-hydroxylation sites is 2. The molecule has 0 aliphatic carbocycles. The van der Waals surface area contributed by atoms with Crippen LogP contribution in [0.25, 0.3) is 0 Å². The molecule has 2 aromatic carbocycles. The predicted octanol–water partition coefficient (Wildman–Crippen LogP) is 3.79. The van der Waals surface area contributed by atoms with Crippen molar-refractivity contribution in [3.8, 4) is 11.5 Å². The molecule has 2 aromatic rings. The summed E-state index contributed by atoms with van der Waals surface area (Å²) < 4.78 is 10.6. The lowest BCUT2D eigenvalue weighted by molar-refractivity contribution is 0.102. The quantitative estimate of drug-likeness (QED) is 0.721. The van der Waals surface area contributed by atoms with E-state index in [9.17, 15) is 9.59 Å². The highest BCUT2D eigenvalue weighted by atomic mass is 16.5. The molecule has 0 aliphatic rings. The molecule has 3 N–H and O–H groups in total. The lowest BCUT2D eigenvalue weighted by Crippen LogP contribution is -2.34. The van der Waals surface area contributed by atoms with Crippen LogP contribution in [-0.4, -0.2) is 32.2 Å². The Labute approximate surface area is 159 Å². The van der Waals surface area contributed by atoms with E-state index in [4.69, 9.17) is 9.47 Å². The second-order valence-electron chi connectivity index (χ2n) is 6.26. The minimum absolute atomic E-state index is 0.000702. The van der Waals surface area contributed by atoms with Gasteiger partial charge in [0.1, 0.15) is 11.5 Å². The summed E-state index contributed by atoms with van der Waals surface area (Å²) in [6, 6.07) is 9.93. The summed E-state index contributed by atoms with van der Waals surface area (Å²) in [7, 11) is 3.08. The second-order valence-corrected chi connectivity index (χ2v) is 6.26. The molecule has 0 bridgehead atoms. The number of methoxy groups -OCH3 is 2. The number of urea groups is 1. The zero-order chi connectivity index (χ0) is 20.0. The Morgan fingerprint density at radius 3 is 1.93 bits per heavy atom. The zero-order valence-corrected chi connectivity index (χ0v) is 16.2. The molecular formula is C20H25N3O4. The maximum absolute atomic E-state index is 12.7. The van der Waals surface area contributed by atoms with Gasteiger partial charge in [-0.2, -0.15) is 0 Å². The fourth-order valence-corrected chi connectivity index (χ4v) is 2.53. The number of carbonyl (C=O) groups is 2. The van der Waals surface area contributed by atoms with Gasteiger partial charge in [-0.25, -0.2) is 4.79 Å². The molecule has 0 heterocycles. The van der Waals surface area contributed by atoms with Crippen LogP contribution < -0.4 is 25.4 Å². The van der Waals surface area contributed by atoms with E-state index in [1.54, 1.807) is 36.4 Å². The molecule has 0 spiro atoms. The molecular weight excluding hydrogens is 346 g/mol. The van der Waals surface area contributed by atoms with Crippen LogP contribution in [0.1, 0.15) is 29.8 Å². The van der Waals surface area contributed by atoms with Gasteiger partial charge in [0.25, 0.3) is 5.91 Å². The van der Waals surface area contributed by atoms with Crippen LogP contribution in [0.2, 0.25) is 0 Å². The van der Waals surface area contributed by atoms with Crippen LogP contribution in [0.3, 0.4) is 0 Å². The molecule has 0 aromatic heterocycles. The summed E-state index contributed by atoms with van der Waals surface area (Å²) in [5.74, 6) is 0.773. The van der Waals surface area contributed by atoms with Crippen molar-refractivity contribution >= 4 is 23.3 Å². The van der Waals surface area contributed by atoms with Crippen molar-refractivity contribution in [3.63, 3.8) is 0 Å². The van der Waals surface area contributed by atoms with Crippen LogP contribution in [0.15, 0.2) is 36.4 Å². The number of rotatable bonds is 6. The van der Waals surface area contributed by atoms with Crippen molar-refractivity contribution in [2.75, 3.05) is 24.9 Å². The van der Waals surface area contributed by atoms with E-state index in [0.717, 1.165) is 5.56 Å². The number of hydrogen-bond acceptors (Lipinski definition) is 4. The highest BCUT2D eigenvalue weighted by Gasteiger charge is 2.15. The van der Waals surface area contributed by atoms with Crippen molar-refractivity contribution < 1.29 is 19.1 Å². The van der Waals surface area contributed by atoms with Gasteiger partial charge < -0.3 is 25.4 Å². The summed E-state index contributed by atoms with van der Waals surface area (Å²) >= 11 is 0. The molecule has 27 heavy (non-hydrogen) atoms. The van der Waals surface area contributed by atoms with Gasteiger partial charge in [0.15, 0.2) is 0 Å². The Bertz CT molecular complexity index is 809. The Morgan fingerprint density at radius 1 is 0.926 bits per heavy atom. The monoisotopic (exact) mass is 371 g/mol. The minimum atomic E-state index is -0.342. The highest BCUT2D eigenvalue weighted by Crippen LogP contribution is 2.30. The third kappa shape index (κ3) is 5.13. The third-order valence-electron chi connectivity index (χ3n) is 3.86. The number of carbonyl (C=O) groups excluding carboxylic acids is 2. The molecule has 0 radical (unpaired) electrons. The molecule has 0 atom stereocenters. The first-order chi connectivity index (χ1) is 12.8. The number of amides is 3. The molecule has 7 nitrogen and oxygen atoms in total. The summed E-state index contributed by atoms with van der Waals surface area (Å²) in [4.78, 5) is 24.7. The van der Waals surface area contributed by atoms with Crippen LogP contribution >= 0.6 is 0 Å². The van der Waals surface area contributed by atoms with Crippen molar-refractivity contribution in [3.05, 3.63) is 47.5 Å². The van der Waals surface area contributed by atoms with Crippen molar-refractivity contribution in [2.45, 2.75) is 26.8 Å². The molecule has 3 amide bonds. The van der Waals surface area contributed by atoms with Crippen LogP contribution in [0.5, 0.6) is 11.5 Å². The summed E-state index contributed by atoms with van der Waals surface area (Å²) in [5, 5.41) is 8.30. The van der Waals surface area contributed by atoms with E-state index in [1.165, 1.54) is 14.2 Å². The van der Waals surface area contributed by atoms with Crippen molar-refractivity contribution in [1.29, 1.82) is 0 Å². The molecule has 0 saturated carbocycles. The van der Waals surface area contributed by atoms with Crippen LogP contribution in [0, 0.1) is 6.92 Å². The maximum atomic E-state index is 12.7. The first-order valence-corrected chi connectivity index (χ1v) is 8.56. The van der Waals surface area contributed by atoms with E-state index in [0.29, 0.717) is 28.4 Å². The van der Waals surface area contributed by atoms with E-state index in [2.05, 4.69) is 16.0 Å². The Balaban J connectivity index is 2.25. The smallest absolute Gasteiger partial charge is 0.319 e. The number of ether oxygens (including phenoxy) is 2. The fourth-order valence-electron chi connectivity index (χ4n) is 2.53. The maximum Gasteiger partial charge on any atom is 0.319 e. The van der Waals surface area contributed by atoms with E-state index >= 15 is 0 Å². The molecule has 7 heteroatoms. The first kappa shape index (κ1) is 20.1. The second kappa shape index (κ2) is 8.93. The van der Waals surface area contributed by atoms with E-state index in [1.807, 2.05) is 20.8 Å². The predicted molar refractivity (Wildman–Crippen MR) is 106 cm³/mol. The third-order valence-corrected chi connectivity index (χ3v) is 3.86. The van der Waals surface area contributed by atoms with Gasteiger partial charge in [-0.05, 0) is 45.0 Å². The van der Waals surface area contributed by atoms with Gasteiger partial charge >= 0.3 is 6.03 Å². The lowest BCUT2D eigenvalue weighted by Gasteiger charge is -2.15. The minimum Gasteiger partial charge on any atom is -0.496 e. The van der Waals surface area contributed by atoms with Crippen molar-refractivity contribution in [1.82, 2.24) is 5.32 Å². The van der Waals surface area contributed by atoms with Gasteiger partial charge in [-0.15, -0.1) is 0 Å². The molecule has 0 fully saturated rings. The average Bonchev–Trinajstić information content (AvgIpc) is 2.62. The summed E-state index contributed by atoms with van der Waals surface area (Å²) in [6.07, 6.45) is 0. The van der Waals surface area contributed by atoms with Gasteiger partial charge in [0.2, 0.25) is 0 Å². The molecule has 144 valence electrons. The van der Waals surface area contributed by atoms with E-state index < -0.39 is 0 Å². The van der Waals surface area contributed by atoms with Crippen molar-refractivity contribution in [2.24, 2.45) is 0 Å². The first-order valence-electron chi connectivity index (χ1n) is 8.56. The van der Waals surface area contributed by atoms with Crippen LogP contribution in [-0.2, 0) is 0 Å². The van der Waals surface area contributed by atoms with Gasteiger partial charge in [0.05, 0.1) is 25.6 Å². The Hall–Kier alpha value is -3.22. The fraction of sp³-hybridized carbons (Fsp3) is 0.300. The molecule has 0 aliphatic heterocycles. The van der Waals surface area contributed by atoms with Gasteiger partial charge in [-0.1, -0.05) is 12.1 Å². The Kier molecular flexibility index (Phi) is 6.65.